The van der Waals surface area contributed by atoms with Gasteiger partial charge in [0, 0.05) is 34.6 Å². The molecular formula is C31H35BrClN3O2. The average Bonchev–Trinajstić information content (AvgIpc) is 3.26. The van der Waals surface area contributed by atoms with Crippen molar-refractivity contribution >= 4 is 44.5 Å². The molecule has 38 heavy (non-hydrogen) atoms. The van der Waals surface area contributed by atoms with E-state index in [2.05, 4.69) is 44.0 Å². The van der Waals surface area contributed by atoms with Crippen molar-refractivity contribution in [2.24, 2.45) is 0 Å². The Hall–Kier alpha value is -2.83. The quantitative estimate of drug-likeness (QED) is 0.159. The molecule has 1 heterocycles. The van der Waals surface area contributed by atoms with Crippen LogP contribution in [-0.2, 0) is 13.0 Å². The van der Waals surface area contributed by atoms with Gasteiger partial charge in [-0.05, 0) is 93.1 Å². The summed E-state index contributed by atoms with van der Waals surface area (Å²) >= 11 is 9.69. The number of aromatic nitrogens is 2. The van der Waals surface area contributed by atoms with Crippen molar-refractivity contribution in [1.29, 1.82) is 0 Å². The van der Waals surface area contributed by atoms with Gasteiger partial charge in [-0.1, -0.05) is 52.2 Å². The number of ether oxygens (including phenoxy) is 1. The number of para-hydroxylation sites is 2. The van der Waals surface area contributed by atoms with Gasteiger partial charge in [0.05, 0.1) is 17.6 Å². The summed E-state index contributed by atoms with van der Waals surface area (Å²) < 4.78 is 9.27. The second kappa shape index (κ2) is 13.8. The van der Waals surface area contributed by atoms with Crippen LogP contribution >= 0.6 is 27.5 Å². The fourth-order valence-corrected chi connectivity index (χ4v) is 5.14. The maximum Gasteiger partial charge on any atom is 0.251 e. The van der Waals surface area contributed by atoms with Crippen molar-refractivity contribution in [3.8, 4) is 5.75 Å². The molecule has 0 saturated carbocycles. The first-order valence-corrected chi connectivity index (χ1v) is 14.5. The van der Waals surface area contributed by atoms with Crippen LogP contribution < -0.4 is 10.1 Å². The van der Waals surface area contributed by atoms with Gasteiger partial charge in [0.1, 0.15) is 11.6 Å². The van der Waals surface area contributed by atoms with E-state index in [0.29, 0.717) is 18.7 Å². The maximum atomic E-state index is 12.3. The van der Waals surface area contributed by atoms with E-state index in [0.717, 1.165) is 82.8 Å². The van der Waals surface area contributed by atoms with Crippen LogP contribution in [0.15, 0.2) is 65.1 Å². The topological polar surface area (TPSA) is 56.1 Å². The maximum absolute atomic E-state index is 12.3. The van der Waals surface area contributed by atoms with Crippen LogP contribution in [0.1, 0.15) is 59.4 Å². The van der Waals surface area contributed by atoms with Gasteiger partial charge in [0.15, 0.2) is 0 Å². The SMILES string of the molecule is Cc1cc(OCCCCn2c(CCCCCNC(=O)c3cccc(Br)c3)nc3ccccc32)cc(C)c1Cl. The molecule has 0 aliphatic rings. The predicted molar refractivity (Wildman–Crippen MR) is 159 cm³/mol. The minimum absolute atomic E-state index is 0.0293. The Balaban J connectivity index is 1.23. The fourth-order valence-electron chi connectivity index (χ4n) is 4.64. The lowest BCUT2D eigenvalue weighted by Gasteiger charge is -2.12. The van der Waals surface area contributed by atoms with Crippen LogP contribution in [0.3, 0.4) is 0 Å². The van der Waals surface area contributed by atoms with Gasteiger partial charge in [0.2, 0.25) is 0 Å². The third-order valence-electron chi connectivity index (χ3n) is 6.64. The summed E-state index contributed by atoms with van der Waals surface area (Å²) in [5.41, 5.74) is 5.00. The average molecular weight is 597 g/mol. The first-order chi connectivity index (χ1) is 18.4. The minimum Gasteiger partial charge on any atom is -0.494 e. The summed E-state index contributed by atoms with van der Waals surface area (Å²) in [6.07, 6.45) is 5.92. The number of halogens is 2. The summed E-state index contributed by atoms with van der Waals surface area (Å²) in [6, 6.07) is 19.8. The Morgan fingerprint density at radius 3 is 2.55 bits per heavy atom. The van der Waals surface area contributed by atoms with E-state index in [9.17, 15) is 4.79 Å². The summed E-state index contributed by atoms with van der Waals surface area (Å²) in [7, 11) is 0. The molecular weight excluding hydrogens is 562 g/mol. The molecule has 0 atom stereocenters. The Labute approximate surface area is 238 Å². The van der Waals surface area contributed by atoms with Gasteiger partial charge in [0.25, 0.3) is 5.91 Å². The monoisotopic (exact) mass is 595 g/mol. The zero-order valence-corrected chi connectivity index (χ0v) is 24.4. The summed E-state index contributed by atoms with van der Waals surface area (Å²) in [5, 5.41) is 3.83. The number of unbranched alkanes of at least 4 members (excludes halogenated alkanes) is 3. The number of nitrogens with zero attached hydrogens (tertiary/aromatic N) is 2. The molecule has 3 aromatic carbocycles. The van der Waals surface area contributed by atoms with Gasteiger partial charge < -0.3 is 14.6 Å². The second-order valence-corrected chi connectivity index (χ2v) is 11.0. The van der Waals surface area contributed by atoms with Crippen molar-refractivity contribution in [1.82, 2.24) is 14.9 Å². The Bertz CT molecular complexity index is 1360. The van der Waals surface area contributed by atoms with Crippen LogP contribution in [0, 0.1) is 13.8 Å². The zero-order valence-electron chi connectivity index (χ0n) is 22.1. The minimum atomic E-state index is -0.0293. The van der Waals surface area contributed by atoms with Crippen molar-refractivity contribution in [3.63, 3.8) is 0 Å². The molecule has 0 unspecified atom stereocenters. The van der Waals surface area contributed by atoms with E-state index in [1.807, 2.05) is 56.3 Å². The van der Waals surface area contributed by atoms with Crippen molar-refractivity contribution in [3.05, 3.63) is 92.7 Å². The number of hydrogen-bond donors (Lipinski definition) is 1. The summed E-state index contributed by atoms with van der Waals surface area (Å²) in [5.74, 6) is 1.98. The van der Waals surface area contributed by atoms with Gasteiger partial charge >= 0.3 is 0 Å². The Morgan fingerprint density at radius 2 is 1.76 bits per heavy atom. The number of benzene rings is 3. The van der Waals surface area contributed by atoms with E-state index in [4.69, 9.17) is 21.3 Å². The highest BCUT2D eigenvalue weighted by Crippen LogP contribution is 2.26. The number of hydrogen-bond acceptors (Lipinski definition) is 3. The molecule has 1 amide bonds. The molecule has 0 spiro atoms. The van der Waals surface area contributed by atoms with Crippen LogP contribution in [0.5, 0.6) is 5.75 Å². The molecule has 0 saturated heterocycles. The van der Waals surface area contributed by atoms with Gasteiger partial charge in [-0.25, -0.2) is 4.98 Å². The molecule has 0 radical (unpaired) electrons. The lowest BCUT2D eigenvalue weighted by atomic mass is 10.1. The number of nitrogens with one attached hydrogen (secondary N) is 1. The number of imidazole rings is 1. The molecule has 0 fully saturated rings. The number of amides is 1. The molecule has 0 aliphatic heterocycles. The zero-order chi connectivity index (χ0) is 26.9. The molecule has 200 valence electrons. The molecule has 0 bridgehead atoms. The van der Waals surface area contributed by atoms with E-state index >= 15 is 0 Å². The molecule has 1 aromatic heterocycles. The lowest BCUT2D eigenvalue weighted by Crippen LogP contribution is -2.24. The van der Waals surface area contributed by atoms with Gasteiger partial charge in [-0.2, -0.15) is 0 Å². The van der Waals surface area contributed by atoms with Crippen LogP contribution in [0.2, 0.25) is 5.02 Å². The van der Waals surface area contributed by atoms with Crippen LogP contribution in [0.4, 0.5) is 0 Å². The predicted octanol–water partition coefficient (Wildman–Crippen LogP) is 8.07. The van der Waals surface area contributed by atoms with Crippen molar-refractivity contribution in [2.75, 3.05) is 13.2 Å². The highest BCUT2D eigenvalue weighted by Gasteiger charge is 2.11. The second-order valence-electron chi connectivity index (χ2n) is 9.67. The van der Waals surface area contributed by atoms with Crippen molar-refractivity contribution < 1.29 is 9.53 Å². The lowest BCUT2D eigenvalue weighted by molar-refractivity contribution is 0.0953. The number of fused-ring (bicyclic) bond motifs is 1. The molecule has 5 nitrogen and oxygen atoms in total. The van der Waals surface area contributed by atoms with Gasteiger partial charge in [-0.3, -0.25) is 4.79 Å². The van der Waals surface area contributed by atoms with Gasteiger partial charge in [-0.15, -0.1) is 0 Å². The van der Waals surface area contributed by atoms with E-state index in [1.165, 1.54) is 5.52 Å². The number of rotatable bonds is 13. The molecule has 1 N–H and O–H groups in total. The normalized spacial score (nSPS) is 11.2. The van der Waals surface area contributed by atoms with E-state index < -0.39 is 0 Å². The highest BCUT2D eigenvalue weighted by molar-refractivity contribution is 9.10. The van der Waals surface area contributed by atoms with E-state index in [-0.39, 0.29) is 5.91 Å². The number of aryl methyl sites for hydroxylation is 4. The highest BCUT2D eigenvalue weighted by atomic mass is 79.9. The van der Waals surface area contributed by atoms with Crippen LogP contribution in [0.25, 0.3) is 11.0 Å². The molecule has 0 aliphatic carbocycles. The first kappa shape index (κ1) is 28.2. The molecule has 4 aromatic rings. The third kappa shape index (κ3) is 7.61. The Kier molecular flexibility index (Phi) is 10.2. The molecule has 4 rings (SSSR count). The first-order valence-electron chi connectivity index (χ1n) is 13.3. The van der Waals surface area contributed by atoms with E-state index in [1.54, 1.807) is 0 Å². The number of carbonyl (C=O) groups excluding carboxylic acids is 1. The largest absolute Gasteiger partial charge is 0.494 e. The summed E-state index contributed by atoms with van der Waals surface area (Å²) in [4.78, 5) is 17.2. The third-order valence-corrected chi connectivity index (χ3v) is 7.73. The van der Waals surface area contributed by atoms with Crippen LogP contribution in [-0.4, -0.2) is 28.6 Å². The Morgan fingerprint density at radius 1 is 0.974 bits per heavy atom. The van der Waals surface area contributed by atoms with Crippen molar-refractivity contribution in [2.45, 2.75) is 58.9 Å². The standard InChI is InChI=1S/C31H35BrClN3O2/c1-22-19-26(20-23(2)30(22)33)38-18-9-8-17-36-28-14-6-5-13-27(28)35-29(36)15-4-3-7-16-34-31(37)24-11-10-12-25(32)21-24/h5-6,10-14,19-21H,3-4,7-9,15-18H2,1-2H3,(H,34,37). The summed E-state index contributed by atoms with van der Waals surface area (Å²) in [6.45, 7) is 6.28. The fraction of sp³-hybridized carbons (Fsp3) is 0.355. The number of carbonyl (C=O) groups is 1. The molecule has 7 heteroatoms. The smallest absolute Gasteiger partial charge is 0.251 e.